The summed E-state index contributed by atoms with van der Waals surface area (Å²) in [5, 5.41) is 44.1. The largest absolute Gasteiger partial charge is 0.394 e. The molecule has 0 heterocycles. The number of nitrogens with one attached hydrogen (secondary N) is 1. The van der Waals surface area contributed by atoms with E-state index in [1.54, 1.807) is 0 Å². The van der Waals surface area contributed by atoms with Crippen LogP contribution in [0.3, 0.4) is 0 Å². The molecular weight excluding hydrogens is 791 g/mol. The quantitative estimate of drug-likeness (QED) is 0.0391. The first-order chi connectivity index (χ1) is 31.5. The van der Waals surface area contributed by atoms with Crippen molar-refractivity contribution in [3.8, 4) is 0 Å². The van der Waals surface area contributed by atoms with Gasteiger partial charge >= 0.3 is 0 Å². The topological polar surface area (TPSA) is 110 Å². The molecule has 64 heavy (non-hydrogen) atoms. The molecule has 0 aliphatic rings. The van der Waals surface area contributed by atoms with E-state index in [9.17, 15) is 25.2 Å². The lowest BCUT2D eigenvalue weighted by Crippen LogP contribution is -2.53. The summed E-state index contributed by atoms with van der Waals surface area (Å²) >= 11 is 0. The summed E-state index contributed by atoms with van der Waals surface area (Å²) in [7, 11) is 0. The molecule has 0 aliphatic carbocycles. The Morgan fingerprint density at radius 2 is 0.531 bits per heavy atom. The van der Waals surface area contributed by atoms with Crippen LogP contribution in [-0.2, 0) is 4.79 Å². The van der Waals surface area contributed by atoms with Crippen molar-refractivity contribution in [1.29, 1.82) is 0 Å². The van der Waals surface area contributed by atoms with Crippen LogP contribution in [-0.4, -0.2) is 57.3 Å². The molecule has 0 bridgehead atoms. The number of hydrogen-bond acceptors (Lipinski definition) is 5. The molecule has 6 heteroatoms. The molecule has 0 spiro atoms. The molecule has 0 fully saturated rings. The van der Waals surface area contributed by atoms with Crippen molar-refractivity contribution in [2.45, 2.75) is 359 Å². The van der Waals surface area contributed by atoms with Gasteiger partial charge in [-0.15, -0.1) is 0 Å². The predicted octanol–water partition coefficient (Wildman–Crippen LogP) is 17.1. The molecule has 0 saturated heterocycles. The highest BCUT2D eigenvalue weighted by Gasteiger charge is 2.28. The predicted molar refractivity (Wildman–Crippen MR) is 279 cm³/mol. The molecule has 0 aliphatic heterocycles. The van der Waals surface area contributed by atoms with Gasteiger partial charge in [0.25, 0.3) is 0 Å². The van der Waals surface area contributed by atoms with Gasteiger partial charge in [-0.3, -0.25) is 4.79 Å². The lowest BCUT2D eigenvalue weighted by atomic mass is 9.99. The Morgan fingerprint density at radius 3 is 0.750 bits per heavy atom. The Labute approximate surface area is 400 Å². The highest BCUT2D eigenvalue weighted by Crippen LogP contribution is 2.19. The zero-order valence-corrected chi connectivity index (χ0v) is 43.6. The highest BCUT2D eigenvalue weighted by molar-refractivity contribution is 5.80. The van der Waals surface area contributed by atoms with Crippen molar-refractivity contribution in [1.82, 2.24) is 5.32 Å². The van der Waals surface area contributed by atoms with Gasteiger partial charge in [-0.2, -0.15) is 0 Å². The van der Waals surface area contributed by atoms with E-state index in [2.05, 4.69) is 19.2 Å². The van der Waals surface area contributed by atoms with Gasteiger partial charge in [0.1, 0.15) is 12.2 Å². The van der Waals surface area contributed by atoms with Gasteiger partial charge in [-0.25, -0.2) is 0 Å². The normalized spacial score (nSPS) is 13.7. The summed E-state index contributed by atoms with van der Waals surface area (Å²) in [6.07, 6.45) is 61.8. The lowest BCUT2D eigenvalue weighted by molar-refractivity contribution is -0.132. The van der Waals surface area contributed by atoms with Crippen LogP contribution in [0.2, 0.25) is 0 Å². The van der Waals surface area contributed by atoms with Crippen molar-refractivity contribution in [3.63, 3.8) is 0 Å². The first-order valence-electron chi connectivity index (χ1n) is 29.4. The number of rotatable bonds is 55. The molecule has 0 aromatic rings. The molecule has 5 N–H and O–H groups in total. The number of amides is 1. The van der Waals surface area contributed by atoms with Crippen molar-refractivity contribution in [2.24, 2.45) is 0 Å². The summed E-state index contributed by atoms with van der Waals surface area (Å²) < 4.78 is 0. The van der Waals surface area contributed by atoms with Gasteiger partial charge in [0.2, 0.25) is 5.91 Å². The van der Waals surface area contributed by atoms with Gasteiger partial charge in [0.05, 0.1) is 18.8 Å². The van der Waals surface area contributed by atoms with Gasteiger partial charge in [0, 0.05) is 0 Å². The van der Waals surface area contributed by atoms with Crippen LogP contribution in [0.1, 0.15) is 335 Å². The number of hydrogen-bond donors (Lipinski definition) is 5. The van der Waals surface area contributed by atoms with Crippen LogP contribution in [0.15, 0.2) is 0 Å². The maximum atomic E-state index is 12.6. The van der Waals surface area contributed by atoms with Crippen molar-refractivity contribution in [2.75, 3.05) is 6.61 Å². The molecule has 6 nitrogen and oxygen atoms in total. The molecule has 384 valence electrons. The smallest absolute Gasteiger partial charge is 0.249 e. The van der Waals surface area contributed by atoms with Crippen LogP contribution in [0.5, 0.6) is 0 Å². The molecule has 0 aromatic heterocycles. The summed E-state index contributed by atoms with van der Waals surface area (Å²) in [6, 6.07) is -0.981. The third kappa shape index (κ3) is 46.4. The summed E-state index contributed by atoms with van der Waals surface area (Å²) in [4.78, 5) is 12.6. The second-order valence-corrected chi connectivity index (χ2v) is 20.7. The Balaban J connectivity index is 3.57. The summed E-state index contributed by atoms with van der Waals surface area (Å²) in [6.45, 7) is 4.11. The zero-order chi connectivity index (χ0) is 46.7. The van der Waals surface area contributed by atoms with Crippen molar-refractivity contribution >= 4 is 5.91 Å². The average Bonchev–Trinajstić information content (AvgIpc) is 3.30. The van der Waals surface area contributed by atoms with E-state index in [4.69, 9.17) is 0 Å². The van der Waals surface area contributed by atoms with Crippen molar-refractivity contribution in [3.05, 3.63) is 0 Å². The van der Waals surface area contributed by atoms with Gasteiger partial charge in [-0.05, 0) is 12.8 Å². The van der Waals surface area contributed by atoms with Gasteiger partial charge in [-0.1, -0.05) is 322 Å². The summed E-state index contributed by atoms with van der Waals surface area (Å²) in [5.41, 5.74) is 0. The second kappa shape index (κ2) is 53.3. The molecular formula is C58H117NO5. The number of aliphatic hydroxyl groups is 4. The SMILES string of the molecule is CCCCCCCCCCCCCCCCCCCCCCCCCCCC(O)C(O)C(CO)NC(=O)C(O)CCCCCCCCCCCCCCCCCCCCCCCCC. The first kappa shape index (κ1) is 63.3. The molecule has 4 unspecified atom stereocenters. The molecule has 0 rings (SSSR count). The van der Waals surface area contributed by atoms with Gasteiger partial charge in [0.15, 0.2) is 0 Å². The van der Waals surface area contributed by atoms with E-state index < -0.39 is 36.9 Å². The minimum absolute atomic E-state index is 0.376. The van der Waals surface area contributed by atoms with Crippen LogP contribution in [0.25, 0.3) is 0 Å². The minimum atomic E-state index is -1.25. The van der Waals surface area contributed by atoms with E-state index in [1.165, 1.54) is 270 Å². The first-order valence-corrected chi connectivity index (χ1v) is 29.4. The number of carbonyl (C=O) groups excluding carboxylic acids is 1. The van der Waals surface area contributed by atoms with E-state index >= 15 is 0 Å². The fourth-order valence-electron chi connectivity index (χ4n) is 9.70. The molecule has 0 saturated carbocycles. The molecule has 0 radical (unpaired) electrons. The summed E-state index contributed by atoms with van der Waals surface area (Å²) in [5.74, 6) is -0.575. The molecule has 0 aromatic carbocycles. The average molecular weight is 909 g/mol. The molecule has 1 amide bonds. The van der Waals surface area contributed by atoms with Gasteiger partial charge < -0.3 is 25.7 Å². The van der Waals surface area contributed by atoms with E-state index in [-0.39, 0.29) is 0 Å². The Morgan fingerprint density at radius 1 is 0.328 bits per heavy atom. The number of unbranched alkanes of at least 4 members (excludes halogenated alkanes) is 46. The fraction of sp³-hybridized carbons (Fsp3) is 0.983. The minimum Gasteiger partial charge on any atom is -0.394 e. The molecule has 4 atom stereocenters. The van der Waals surface area contributed by atoms with E-state index in [1.807, 2.05) is 0 Å². The van der Waals surface area contributed by atoms with E-state index in [0.717, 1.165) is 38.5 Å². The zero-order valence-electron chi connectivity index (χ0n) is 43.6. The second-order valence-electron chi connectivity index (χ2n) is 20.7. The van der Waals surface area contributed by atoms with Crippen LogP contribution in [0, 0.1) is 0 Å². The third-order valence-electron chi connectivity index (χ3n) is 14.3. The number of aliphatic hydroxyl groups excluding tert-OH is 4. The van der Waals surface area contributed by atoms with Crippen LogP contribution in [0.4, 0.5) is 0 Å². The van der Waals surface area contributed by atoms with Crippen LogP contribution < -0.4 is 5.32 Å². The standard InChI is InChI=1S/C58H117NO5/c1-3-5-7-9-11-13-15-17-19-21-23-25-27-28-30-31-33-35-37-39-41-43-45-47-49-51-55(61)57(63)54(53-60)59-58(64)56(62)52-50-48-46-44-42-40-38-36-34-32-29-26-24-22-20-18-16-14-12-10-8-6-4-2/h54-57,60-63H,3-53H2,1-2H3,(H,59,64). The lowest BCUT2D eigenvalue weighted by Gasteiger charge is -2.27. The Hall–Kier alpha value is -0.690. The monoisotopic (exact) mass is 908 g/mol. The maximum Gasteiger partial charge on any atom is 0.249 e. The highest BCUT2D eigenvalue weighted by atomic mass is 16.3. The third-order valence-corrected chi connectivity index (χ3v) is 14.3. The maximum absolute atomic E-state index is 12.6. The fourth-order valence-corrected chi connectivity index (χ4v) is 9.70. The van der Waals surface area contributed by atoms with E-state index in [0.29, 0.717) is 12.8 Å². The Kier molecular flexibility index (Phi) is 52.7. The Bertz CT molecular complexity index is 887. The van der Waals surface area contributed by atoms with Crippen LogP contribution >= 0.6 is 0 Å². The number of carbonyl (C=O) groups is 1. The van der Waals surface area contributed by atoms with Crippen molar-refractivity contribution < 1.29 is 25.2 Å².